The van der Waals surface area contributed by atoms with E-state index in [0.29, 0.717) is 31.6 Å². The Labute approximate surface area is 150 Å². The zero-order valence-corrected chi connectivity index (χ0v) is 14.7. The molecule has 136 valence electrons. The van der Waals surface area contributed by atoms with Crippen molar-refractivity contribution < 1.29 is 4.79 Å². The first-order valence-electron chi connectivity index (χ1n) is 9.08. The van der Waals surface area contributed by atoms with E-state index < -0.39 is 0 Å². The number of nitrogens with zero attached hydrogens (tertiary/aromatic N) is 4. The number of carbonyl (C=O) groups is 1. The Morgan fingerprint density at radius 2 is 2.19 bits per heavy atom. The summed E-state index contributed by atoms with van der Waals surface area (Å²) in [7, 11) is 0. The molecule has 1 aromatic carbocycles. The second-order valence-corrected chi connectivity index (χ2v) is 6.69. The van der Waals surface area contributed by atoms with Crippen LogP contribution >= 0.6 is 0 Å². The van der Waals surface area contributed by atoms with Crippen LogP contribution in [0.5, 0.6) is 0 Å². The highest BCUT2D eigenvalue weighted by Crippen LogP contribution is 2.17. The Balaban J connectivity index is 1.47. The Bertz CT molecular complexity index is 999. The predicted molar refractivity (Wildman–Crippen MR) is 97.1 cm³/mol. The number of hydrogen-bond acceptors (Lipinski definition) is 4. The Hall–Kier alpha value is -2.90. The van der Waals surface area contributed by atoms with E-state index in [1.165, 1.54) is 0 Å². The number of aryl methyl sites for hydroxylation is 2. The maximum Gasteiger partial charge on any atom is 0.345 e. The van der Waals surface area contributed by atoms with Crippen molar-refractivity contribution in [1.82, 2.24) is 29.9 Å². The molecule has 0 aliphatic carbocycles. The van der Waals surface area contributed by atoms with Crippen LogP contribution in [0, 0.1) is 0 Å². The Morgan fingerprint density at radius 3 is 3.04 bits per heavy atom. The smallest absolute Gasteiger partial charge is 0.345 e. The number of benzene rings is 1. The molecule has 8 heteroatoms. The lowest BCUT2D eigenvalue weighted by Gasteiger charge is -2.15. The highest BCUT2D eigenvalue weighted by atomic mass is 16.2. The van der Waals surface area contributed by atoms with Gasteiger partial charge in [0.15, 0.2) is 5.69 Å². The maximum absolute atomic E-state index is 12.6. The molecular weight excluding hydrogens is 332 g/mol. The summed E-state index contributed by atoms with van der Waals surface area (Å²) in [5, 5.41) is 15.4. The van der Waals surface area contributed by atoms with Crippen LogP contribution in [0.4, 0.5) is 0 Å². The van der Waals surface area contributed by atoms with Crippen molar-refractivity contribution in [3.63, 3.8) is 0 Å². The minimum atomic E-state index is -0.185. The number of fused-ring (bicyclic) bond motifs is 2. The van der Waals surface area contributed by atoms with Crippen molar-refractivity contribution in [2.45, 2.75) is 51.7 Å². The summed E-state index contributed by atoms with van der Waals surface area (Å²) in [6.07, 6.45) is 3.03. The molecule has 3 aromatic rings. The number of para-hydroxylation sites is 1. The summed E-state index contributed by atoms with van der Waals surface area (Å²) in [5.41, 5.74) is 1.20. The van der Waals surface area contributed by atoms with Crippen molar-refractivity contribution >= 4 is 16.8 Å². The van der Waals surface area contributed by atoms with Crippen molar-refractivity contribution in [1.29, 1.82) is 0 Å². The number of hydrogen-bond donors (Lipinski definition) is 2. The lowest BCUT2D eigenvalue weighted by atomic mass is 10.1. The molecule has 0 spiro atoms. The van der Waals surface area contributed by atoms with Gasteiger partial charge in [-0.1, -0.05) is 25.1 Å². The monoisotopic (exact) mass is 354 g/mol. The standard InChI is InChI=1S/C18H22N6O2/c1-2-10-24-18(26)23-11-9-12(7-8-15(23)22-24)19-17(25)16-13-5-3-4-6-14(13)20-21-16/h3-6,12H,2,7-11H2,1H3,(H,19,25)(H,20,21). The largest absolute Gasteiger partial charge is 0.348 e. The van der Waals surface area contributed by atoms with Crippen LogP contribution in [0.2, 0.25) is 0 Å². The molecule has 0 saturated heterocycles. The average Bonchev–Trinajstić information content (AvgIpc) is 3.13. The number of H-pyrrole nitrogens is 1. The molecule has 3 heterocycles. The average molecular weight is 354 g/mol. The lowest BCUT2D eigenvalue weighted by Crippen LogP contribution is -2.36. The third-order valence-corrected chi connectivity index (χ3v) is 4.87. The molecule has 26 heavy (non-hydrogen) atoms. The Kier molecular flexibility index (Phi) is 4.32. The van der Waals surface area contributed by atoms with E-state index in [1.807, 2.05) is 31.2 Å². The fourth-order valence-electron chi connectivity index (χ4n) is 3.52. The molecule has 0 saturated carbocycles. The zero-order chi connectivity index (χ0) is 18.1. The molecule has 2 aromatic heterocycles. The second-order valence-electron chi connectivity index (χ2n) is 6.69. The van der Waals surface area contributed by atoms with E-state index in [4.69, 9.17) is 0 Å². The fraction of sp³-hybridized carbons (Fsp3) is 0.444. The van der Waals surface area contributed by atoms with Crippen LogP contribution < -0.4 is 11.0 Å². The van der Waals surface area contributed by atoms with Gasteiger partial charge in [-0.05, 0) is 25.3 Å². The van der Waals surface area contributed by atoms with Crippen LogP contribution in [0.1, 0.15) is 42.5 Å². The van der Waals surface area contributed by atoms with E-state index in [1.54, 1.807) is 9.25 Å². The number of nitrogens with one attached hydrogen (secondary N) is 2. The highest BCUT2D eigenvalue weighted by Gasteiger charge is 2.23. The highest BCUT2D eigenvalue weighted by molar-refractivity contribution is 6.04. The predicted octanol–water partition coefficient (Wildman–Crippen LogP) is 1.47. The van der Waals surface area contributed by atoms with Crippen molar-refractivity contribution in [3.8, 4) is 0 Å². The molecule has 0 bridgehead atoms. The van der Waals surface area contributed by atoms with Gasteiger partial charge in [-0.3, -0.25) is 14.5 Å². The molecule has 0 fully saturated rings. The lowest BCUT2D eigenvalue weighted by molar-refractivity contribution is 0.0929. The topological polar surface area (TPSA) is 97.6 Å². The molecule has 1 aliphatic heterocycles. The molecule has 1 unspecified atom stereocenters. The summed E-state index contributed by atoms with van der Waals surface area (Å²) >= 11 is 0. The third-order valence-electron chi connectivity index (χ3n) is 4.87. The van der Waals surface area contributed by atoms with E-state index in [2.05, 4.69) is 20.6 Å². The van der Waals surface area contributed by atoms with E-state index >= 15 is 0 Å². The van der Waals surface area contributed by atoms with Crippen LogP contribution in [-0.2, 0) is 19.5 Å². The van der Waals surface area contributed by atoms with Gasteiger partial charge in [-0.25, -0.2) is 9.48 Å². The molecule has 2 N–H and O–H groups in total. The first kappa shape index (κ1) is 16.6. The molecule has 8 nitrogen and oxygen atoms in total. The summed E-state index contributed by atoms with van der Waals surface area (Å²) in [6.45, 7) is 3.25. The summed E-state index contributed by atoms with van der Waals surface area (Å²) in [5.74, 6) is 0.626. The van der Waals surface area contributed by atoms with Crippen LogP contribution in [0.3, 0.4) is 0 Å². The van der Waals surface area contributed by atoms with Gasteiger partial charge in [0.05, 0.1) is 5.52 Å². The quantitative estimate of drug-likeness (QED) is 0.741. The number of aromatic nitrogens is 5. The van der Waals surface area contributed by atoms with Gasteiger partial charge in [0.25, 0.3) is 5.91 Å². The van der Waals surface area contributed by atoms with Gasteiger partial charge in [0, 0.05) is 30.9 Å². The first-order valence-corrected chi connectivity index (χ1v) is 9.08. The second kappa shape index (κ2) is 6.78. The number of aromatic amines is 1. The van der Waals surface area contributed by atoms with Gasteiger partial charge in [-0.2, -0.15) is 10.2 Å². The SMILES string of the molecule is CCCn1nc2n(c1=O)CCC(NC(=O)c1n[nH]c3ccccc13)CC2. The first-order chi connectivity index (χ1) is 12.7. The Morgan fingerprint density at radius 1 is 1.35 bits per heavy atom. The summed E-state index contributed by atoms with van der Waals surface area (Å²) < 4.78 is 3.29. The van der Waals surface area contributed by atoms with Gasteiger partial charge in [0.1, 0.15) is 5.82 Å². The maximum atomic E-state index is 12.6. The normalized spacial score (nSPS) is 17.0. The van der Waals surface area contributed by atoms with Gasteiger partial charge >= 0.3 is 5.69 Å². The molecule has 4 rings (SSSR count). The zero-order valence-electron chi connectivity index (χ0n) is 14.7. The molecular formula is C18H22N6O2. The number of carbonyl (C=O) groups excluding carboxylic acids is 1. The van der Waals surface area contributed by atoms with Gasteiger partial charge in [0.2, 0.25) is 0 Å². The summed E-state index contributed by atoms with van der Waals surface area (Å²) in [4.78, 5) is 25.0. The van der Waals surface area contributed by atoms with Crippen LogP contribution in [0.25, 0.3) is 10.9 Å². The fourth-order valence-corrected chi connectivity index (χ4v) is 3.52. The van der Waals surface area contributed by atoms with Crippen LogP contribution in [-0.4, -0.2) is 36.5 Å². The molecule has 0 radical (unpaired) electrons. The molecule has 1 atom stereocenters. The van der Waals surface area contributed by atoms with E-state index in [-0.39, 0.29) is 17.6 Å². The number of amides is 1. The van der Waals surface area contributed by atoms with E-state index in [0.717, 1.165) is 29.6 Å². The van der Waals surface area contributed by atoms with Crippen LogP contribution in [0.15, 0.2) is 29.1 Å². The molecule has 1 amide bonds. The van der Waals surface area contributed by atoms with Gasteiger partial charge in [-0.15, -0.1) is 0 Å². The summed E-state index contributed by atoms with van der Waals surface area (Å²) in [6, 6.07) is 7.57. The van der Waals surface area contributed by atoms with Crippen molar-refractivity contribution in [2.75, 3.05) is 0 Å². The minimum absolute atomic E-state index is 0.00122. The number of rotatable bonds is 4. The minimum Gasteiger partial charge on any atom is -0.348 e. The van der Waals surface area contributed by atoms with E-state index in [9.17, 15) is 9.59 Å². The van der Waals surface area contributed by atoms with Gasteiger partial charge < -0.3 is 5.32 Å². The van der Waals surface area contributed by atoms with Crippen molar-refractivity contribution in [3.05, 3.63) is 46.3 Å². The molecule has 1 aliphatic rings. The third kappa shape index (κ3) is 2.91. The van der Waals surface area contributed by atoms with Crippen molar-refractivity contribution in [2.24, 2.45) is 0 Å².